The minimum atomic E-state index is -0.598. The van der Waals surface area contributed by atoms with Crippen LogP contribution >= 0.6 is 11.6 Å². The van der Waals surface area contributed by atoms with Gasteiger partial charge in [0.05, 0.1) is 4.92 Å². The highest BCUT2D eigenvalue weighted by Gasteiger charge is 2.20. The number of nitrogens with zero attached hydrogens (tertiary/aromatic N) is 3. The van der Waals surface area contributed by atoms with Gasteiger partial charge in [-0.1, -0.05) is 6.07 Å². The van der Waals surface area contributed by atoms with E-state index >= 15 is 0 Å². The first kappa shape index (κ1) is 12.8. The van der Waals surface area contributed by atoms with Gasteiger partial charge in [-0.05, 0) is 54.1 Å². The molecule has 102 valence electrons. The Morgan fingerprint density at radius 1 is 1.30 bits per heavy atom. The molecule has 0 spiro atoms. The van der Waals surface area contributed by atoms with E-state index in [1.54, 1.807) is 6.07 Å². The van der Waals surface area contributed by atoms with E-state index in [2.05, 4.69) is 9.97 Å². The summed E-state index contributed by atoms with van der Waals surface area (Å²) in [6.07, 6.45) is 4.23. The first-order valence-corrected chi connectivity index (χ1v) is 6.48. The van der Waals surface area contributed by atoms with Crippen LogP contribution in [-0.4, -0.2) is 14.9 Å². The van der Waals surface area contributed by atoms with Crippen LogP contribution in [0.15, 0.2) is 24.4 Å². The van der Waals surface area contributed by atoms with E-state index in [9.17, 15) is 10.1 Å². The van der Waals surface area contributed by atoms with Gasteiger partial charge >= 0.3 is 11.6 Å². The fourth-order valence-electron chi connectivity index (χ4n) is 2.26. The summed E-state index contributed by atoms with van der Waals surface area (Å²) in [5, 5.41) is 10.8. The van der Waals surface area contributed by atoms with Crippen LogP contribution in [0.5, 0.6) is 11.6 Å². The molecular weight excluding hydrogens is 282 g/mol. The van der Waals surface area contributed by atoms with E-state index in [0.717, 1.165) is 25.5 Å². The van der Waals surface area contributed by atoms with Crippen molar-refractivity contribution in [1.82, 2.24) is 9.97 Å². The van der Waals surface area contributed by atoms with E-state index in [0.29, 0.717) is 5.75 Å². The van der Waals surface area contributed by atoms with Gasteiger partial charge in [0, 0.05) is 0 Å². The summed E-state index contributed by atoms with van der Waals surface area (Å²) < 4.78 is 5.50. The molecule has 0 unspecified atom stereocenters. The lowest BCUT2D eigenvalue weighted by atomic mass is 10.1. The molecule has 0 aliphatic heterocycles. The molecule has 1 heterocycles. The van der Waals surface area contributed by atoms with E-state index in [1.807, 2.05) is 12.1 Å². The van der Waals surface area contributed by atoms with Gasteiger partial charge in [-0.2, -0.15) is 4.98 Å². The largest absolute Gasteiger partial charge is 0.434 e. The van der Waals surface area contributed by atoms with E-state index < -0.39 is 4.92 Å². The highest BCUT2D eigenvalue weighted by atomic mass is 35.5. The third-order valence-electron chi connectivity index (χ3n) is 3.19. The topological polar surface area (TPSA) is 78.2 Å². The summed E-state index contributed by atoms with van der Waals surface area (Å²) >= 11 is 5.66. The van der Waals surface area contributed by atoms with Crippen molar-refractivity contribution in [2.75, 3.05) is 0 Å². The monoisotopic (exact) mass is 291 g/mol. The van der Waals surface area contributed by atoms with Crippen LogP contribution in [0.2, 0.25) is 5.28 Å². The minimum Gasteiger partial charge on any atom is -0.434 e. The Bertz CT molecular complexity index is 691. The van der Waals surface area contributed by atoms with Gasteiger partial charge in [0.25, 0.3) is 0 Å². The molecule has 1 aliphatic carbocycles. The van der Waals surface area contributed by atoms with Crippen molar-refractivity contribution in [3.8, 4) is 11.6 Å². The minimum absolute atomic E-state index is 0.0910. The number of aromatic nitrogens is 2. The van der Waals surface area contributed by atoms with Crippen LogP contribution in [0.3, 0.4) is 0 Å². The van der Waals surface area contributed by atoms with Gasteiger partial charge in [0.1, 0.15) is 11.9 Å². The molecule has 3 rings (SSSR count). The van der Waals surface area contributed by atoms with Gasteiger partial charge < -0.3 is 4.74 Å². The zero-order valence-corrected chi connectivity index (χ0v) is 11.1. The van der Waals surface area contributed by atoms with Crippen molar-refractivity contribution in [3.05, 3.63) is 50.9 Å². The van der Waals surface area contributed by atoms with E-state index in [-0.39, 0.29) is 16.9 Å². The SMILES string of the molecule is O=[N+]([O-])c1cnc(Cl)nc1Oc1ccc2c(c1)CCC2. The number of nitro groups is 1. The molecule has 0 fully saturated rings. The van der Waals surface area contributed by atoms with E-state index in [4.69, 9.17) is 16.3 Å². The molecule has 2 aromatic rings. The molecule has 0 saturated heterocycles. The molecule has 1 aromatic heterocycles. The van der Waals surface area contributed by atoms with Crippen LogP contribution in [0, 0.1) is 10.1 Å². The summed E-state index contributed by atoms with van der Waals surface area (Å²) in [5.74, 6) is 0.372. The molecule has 0 saturated carbocycles. The Morgan fingerprint density at radius 2 is 2.10 bits per heavy atom. The van der Waals surface area contributed by atoms with E-state index in [1.165, 1.54) is 11.1 Å². The predicted molar refractivity (Wildman–Crippen MR) is 72.2 cm³/mol. The van der Waals surface area contributed by atoms with Crippen LogP contribution < -0.4 is 4.74 Å². The molecule has 0 radical (unpaired) electrons. The fourth-order valence-corrected chi connectivity index (χ4v) is 2.39. The number of hydrogen-bond acceptors (Lipinski definition) is 5. The number of hydrogen-bond donors (Lipinski definition) is 0. The van der Waals surface area contributed by atoms with Crippen molar-refractivity contribution >= 4 is 17.3 Å². The average molecular weight is 292 g/mol. The van der Waals surface area contributed by atoms with Crippen LogP contribution in [0.25, 0.3) is 0 Å². The smallest absolute Gasteiger partial charge is 0.349 e. The average Bonchev–Trinajstić information content (AvgIpc) is 2.85. The quantitative estimate of drug-likeness (QED) is 0.492. The molecule has 1 aromatic carbocycles. The Hall–Kier alpha value is -2.21. The highest BCUT2D eigenvalue weighted by molar-refractivity contribution is 6.28. The Kier molecular flexibility index (Phi) is 3.23. The van der Waals surface area contributed by atoms with Crippen molar-refractivity contribution < 1.29 is 9.66 Å². The second-order valence-electron chi connectivity index (χ2n) is 4.47. The lowest BCUT2D eigenvalue weighted by Gasteiger charge is -2.07. The molecular formula is C13H10ClN3O3. The number of fused-ring (bicyclic) bond motifs is 1. The second-order valence-corrected chi connectivity index (χ2v) is 4.81. The van der Waals surface area contributed by atoms with Crippen molar-refractivity contribution in [2.45, 2.75) is 19.3 Å². The maximum absolute atomic E-state index is 10.9. The molecule has 1 aliphatic rings. The van der Waals surface area contributed by atoms with Crippen LogP contribution in [0.1, 0.15) is 17.5 Å². The predicted octanol–water partition coefficient (Wildman–Crippen LogP) is 3.32. The summed E-state index contributed by atoms with van der Waals surface area (Å²) in [7, 11) is 0. The Labute approximate surface area is 119 Å². The molecule has 20 heavy (non-hydrogen) atoms. The van der Waals surface area contributed by atoms with Gasteiger partial charge in [0.2, 0.25) is 5.28 Å². The van der Waals surface area contributed by atoms with Crippen molar-refractivity contribution in [3.63, 3.8) is 0 Å². The number of benzene rings is 1. The normalized spacial score (nSPS) is 13.1. The lowest BCUT2D eigenvalue weighted by Crippen LogP contribution is -1.98. The fraction of sp³-hybridized carbons (Fsp3) is 0.231. The highest BCUT2D eigenvalue weighted by Crippen LogP contribution is 2.32. The standard InChI is InChI=1S/C13H10ClN3O3/c14-13-15-7-11(17(18)19)12(16-13)20-10-5-4-8-2-1-3-9(8)6-10/h4-7H,1-3H2. The number of ether oxygens (including phenoxy) is 1. The Morgan fingerprint density at radius 3 is 2.90 bits per heavy atom. The summed E-state index contributed by atoms with van der Waals surface area (Å²) in [6, 6.07) is 5.65. The number of rotatable bonds is 3. The van der Waals surface area contributed by atoms with Gasteiger partial charge in [-0.3, -0.25) is 10.1 Å². The van der Waals surface area contributed by atoms with Gasteiger partial charge in [-0.25, -0.2) is 4.98 Å². The molecule has 0 N–H and O–H groups in total. The second kappa shape index (κ2) is 5.05. The first-order valence-electron chi connectivity index (χ1n) is 6.10. The number of halogens is 1. The first-order chi connectivity index (χ1) is 9.63. The summed E-state index contributed by atoms with van der Waals surface area (Å²) in [4.78, 5) is 17.7. The molecule has 0 atom stereocenters. The summed E-state index contributed by atoms with van der Waals surface area (Å²) in [6.45, 7) is 0. The lowest BCUT2D eigenvalue weighted by molar-refractivity contribution is -0.386. The maximum atomic E-state index is 10.9. The zero-order chi connectivity index (χ0) is 14.1. The third-order valence-corrected chi connectivity index (χ3v) is 3.37. The molecule has 7 heteroatoms. The van der Waals surface area contributed by atoms with Crippen LogP contribution in [-0.2, 0) is 12.8 Å². The molecule has 6 nitrogen and oxygen atoms in total. The van der Waals surface area contributed by atoms with Gasteiger partial charge in [0.15, 0.2) is 0 Å². The van der Waals surface area contributed by atoms with Crippen molar-refractivity contribution in [2.24, 2.45) is 0 Å². The molecule has 0 bridgehead atoms. The summed E-state index contributed by atoms with van der Waals surface area (Å²) in [5.41, 5.74) is 2.20. The van der Waals surface area contributed by atoms with Crippen molar-refractivity contribution in [1.29, 1.82) is 0 Å². The molecule has 0 amide bonds. The van der Waals surface area contributed by atoms with Crippen LogP contribution in [0.4, 0.5) is 5.69 Å². The Balaban J connectivity index is 1.95. The van der Waals surface area contributed by atoms with Gasteiger partial charge in [-0.15, -0.1) is 0 Å². The number of aryl methyl sites for hydroxylation is 2. The third kappa shape index (κ3) is 2.42. The maximum Gasteiger partial charge on any atom is 0.349 e. The zero-order valence-electron chi connectivity index (χ0n) is 10.4.